The monoisotopic (exact) mass is 425 g/mol. The maximum atomic E-state index is 14.4. The van der Waals surface area contributed by atoms with E-state index in [0.717, 1.165) is 0 Å². The topological polar surface area (TPSA) is 89.0 Å². The van der Waals surface area contributed by atoms with Gasteiger partial charge < -0.3 is 15.4 Å². The van der Waals surface area contributed by atoms with Crippen molar-refractivity contribution in [2.24, 2.45) is 0 Å². The van der Waals surface area contributed by atoms with Crippen LogP contribution in [0.25, 0.3) is 5.57 Å². The highest BCUT2D eigenvalue weighted by atomic mass is 19.3. The molecule has 160 valence electrons. The number of methoxy groups -OCH3 is 1. The molecule has 11 heteroatoms. The maximum absolute atomic E-state index is 14.4. The molecule has 1 unspecified atom stereocenters. The number of anilines is 3. The Morgan fingerprint density at radius 3 is 2.43 bits per heavy atom. The fourth-order valence-electron chi connectivity index (χ4n) is 2.79. The lowest BCUT2D eigenvalue weighted by Crippen LogP contribution is -2.31. The minimum Gasteiger partial charge on any atom is -0.497 e. The van der Waals surface area contributed by atoms with E-state index in [9.17, 15) is 22.4 Å². The molecule has 1 aliphatic rings. The SMILES string of the molecule is COc1ccc(Nc2nc(NC(CF)C(F)F)nc(C3=C(F)C(=O)CCC3)n2)cc1. The zero-order valence-corrected chi connectivity index (χ0v) is 16.0. The first-order valence-electron chi connectivity index (χ1n) is 9.11. The molecule has 0 bridgehead atoms. The van der Waals surface area contributed by atoms with E-state index in [2.05, 4.69) is 25.6 Å². The first-order valence-corrected chi connectivity index (χ1v) is 9.11. The van der Waals surface area contributed by atoms with E-state index in [1.807, 2.05) is 0 Å². The molecule has 1 heterocycles. The van der Waals surface area contributed by atoms with Crippen molar-refractivity contribution in [2.45, 2.75) is 31.7 Å². The van der Waals surface area contributed by atoms with Crippen LogP contribution in [-0.4, -0.2) is 47.0 Å². The minimum atomic E-state index is -3.01. The number of carbonyl (C=O) groups excluding carboxylic acids is 1. The molecule has 2 aromatic rings. The third kappa shape index (κ3) is 5.02. The highest BCUT2D eigenvalue weighted by Crippen LogP contribution is 2.30. The van der Waals surface area contributed by atoms with E-state index in [0.29, 0.717) is 17.9 Å². The summed E-state index contributed by atoms with van der Waals surface area (Å²) in [6, 6.07) is 4.80. The molecule has 1 aromatic heterocycles. The second kappa shape index (κ2) is 9.51. The van der Waals surface area contributed by atoms with Gasteiger partial charge in [-0.05, 0) is 37.1 Å². The number of alkyl halides is 3. The predicted molar refractivity (Wildman–Crippen MR) is 102 cm³/mol. The van der Waals surface area contributed by atoms with Crippen molar-refractivity contribution in [1.29, 1.82) is 0 Å². The van der Waals surface area contributed by atoms with E-state index in [4.69, 9.17) is 4.74 Å². The Kier molecular flexibility index (Phi) is 6.80. The number of carbonyl (C=O) groups is 1. The standard InChI is InChI=1S/C19H19F4N5O2/c1-30-11-7-5-10(6-8-11)24-18-26-17(12-3-2-4-14(29)15(12)21)27-19(28-18)25-13(9-20)16(22)23/h5-8,13,16H,2-4,9H2,1H3,(H2,24,25,26,27,28). The van der Waals surface area contributed by atoms with Crippen molar-refractivity contribution in [3.05, 3.63) is 35.9 Å². The molecule has 3 rings (SSSR count). The number of allylic oxidation sites excluding steroid dienone is 2. The Balaban J connectivity index is 1.98. The van der Waals surface area contributed by atoms with E-state index in [-0.39, 0.29) is 36.1 Å². The van der Waals surface area contributed by atoms with Gasteiger partial charge in [-0.15, -0.1) is 0 Å². The highest BCUT2D eigenvalue weighted by molar-refractivity contribution is 6.01. The van der Waals surface area contributed by atoms with Crippen molar-refractivity contribution in [3.63, 3.8) is 0 Å². The van der Waals surface area contributed by atoms with Gasteiger partial charge in [0.2, 0.25) is 11.9 Å². The van der Waals surface area contributed by atoms with Crippen molar-refractivity contribution in [3.8, 4) is 5.75 Å². The number of ether oxygens (including phenoxy) is 1. The number of benzene rings is 1. The van der Waals surface area contributed by atoms with Gasteiger partial charge in [-0.25, -0.2) is 17.6 Å². The molecule has 0 amide bonds. The van der Waals surface area contributed by atoms with Crippen LogP contribution in [0.3, 0.4) is 0 Å². The van der Waals surface area contributed by atoms with Crippen LogP contribution >= 0.6 is 0 Å². The summed E-state index contributed by atoms with van der Waals surface area (Å²) in [7, 11) is 1.51. The van der Waals surface area contributed by atoms with Crippen LogP contribution in [0.5, 0.6) is 5.75 Å². The number of hydrogen-bond acceptors (Lipinski definition) is 7. The molecule has 1 aromatic carbocycles. The summed E-state index contributed by atoms with van der Waals surface area (Å²) in [5, 5.41) is 5.05. The number of nitrogens with one attached hydrogen (secondary N) is 2. The van der Waals surface area contributed by atoms with Gasteiger partial charge in [0.1, 0.15) is 18.5 Å². The molecule has 30 heavy (non-hydrogen) atoms. The largest absolute Gasteiger partial charge is 0.497 e. The van der Waals surface area contributed by atoms with Gasteiger partial charge in [0.25, 0.3) is 6.43 Å². The van der Waals surface area contributed by atoms with E-state index < -0.39 is 30.8 Å². The van der Waals surface area contributed by atoms with Crippen LogP contribution in [0.1, 0.15) is 25.1 Å². The zero-order chi connectivity index (χ0) is 21.7. The minimum absolute atomic E-state index is 0.0386. The normalized spacial score (nSPS) is 15.3. The Hall–Kier alpha value is -3.24. The van der Waals surface area contributed by atoms with E-state index in [1.165, 1.54) is 7.11 Å². The van der Waals surface area contributed by atoms with Crippen LogP contribution < -0.4 is 15.4 Å². The predicted octanol–water partition coefficient (Wildman–Crippen LogP) is 4.07. The molecule has 0 saturated carbocycles. The Morgan fingerprint density at radius 1 is 1.10 bits per heavy atom. The Morgan fingerprint density at radius 2 is 1.80 bits per heavy atom. The van der Waals surface area contributed by atoms with Crippen molar-refractivity contribution >= 4 is 28.9 Å². The average molecular weight is 425 g/mol. The quantitative estimate of drug-likeness (QED) is 0.616. The maximum Gasteiger partial charge on any atom is 0.261 e. The molecule has 1 aliphatic carbocycles. The molecule has 1 atom stereocenters. The lowest BCUT2D eigenvalue weighted by Gasteiger charge is -2.17. The average Bonchev–Trinajstić information content (AvgIpc) is 2.74. The van der Waals surface area contributed by atoms with Gasteiger partial charge in [0.05, 0.1) is 7.11 Å². The van der Waals surface area contributed by atoms with Crippen LogP contribution in [0.2, 0.25) is 0 Å². The van der Waals surface area contributed by atoms with Gasteiger partial charge in [0.15, 0.2) is 17.4 Å². The number of ketones is 1. The third-order valence-electron chi connectivity index (χ3n) is 4.38. The van der Waals surface area contributed by atoms with E-state index >= 15 is 0 Å². The van der Waals surface area contributed by atoms with Crippen molar-refractivity contribution in [2.75, 3.05) is 24.4 Å². The van der Waals surface area contributed by atoms with Crippen LogP contribution in [0, 0.1) is 0 Å². The van der Waals surface area contributed by atoms with Gasteiger partial charge in [-0.3, -0.25) is 4.79 Å². The number of halogens is 4. The van der Waals surface area contributed by atoms with Crippen LogP contribution in [0.4, 0.5) is 35.1 Å². The Labute approximate surface area is 169 Å². The second-order valence-electron chi connectivity index (χ2n) is 6.47. The van der Waals surface area contributed by atoms with Crippen molar-refractivity contribution < 1.29 is 27.1 Å². The molecule has 0 radical (unpaired) electrons. The third-order valence-corrected chi connectivity index (χ3v) is 4.38. The molecule has 0 aliphatic heterocycles. The first kappa shape index (κ1) is 21.5. The number of rotatable bonds is 8. The zero-order valence-electron chi connectivity index (χ0n) is 16.0. The molecule has 0 spiro atoms. The molecule has 2 N–H and O–H groups in total. The highest BCUT2D eigenvalue weighted by Gasteiger charge is 2.26. The summed E-state index contributed by atoms with van der Waals surface area (Å²) in [5.41, 5.74) is 0.493. The fraction of sp³-hybridized carbons (Fsp3) is 0.368. The smallest absolute Gasteiger partial charge is 0.261 e. The summed E-state index contributed by atoms with van der Waals surface area (Å²) in [4.78, 5) is 23.8. The lowest BCUT2D eigenvalue weighted by atomic mass is 9.97. The van der Waals surface area contributed by atoms with Gasteiger partial charge in [-0.1, -0.05) is 0 Å². The summed E-state index contributed by atoms with van der Waals surface area (Å²) in [5.74, 6) is -1.67. The number of hydrogen-bond donors (Lipinski definition) is 2. The van der Waals surface area contributed by atoms with Gasteiger partial charge >= 0.3 is 0 Å². The summed E-state index contributed by atoms with van der Waals surface area (Å²) in [6.07, 6.45) is -2.34. The van der Waals surface area contributed by atoms with Gasteiger partial charge in [0, 0.05) is 17.7 Å². The number of Topliss-reactive ketones (excluding diaryl/α,β-unsaturated/α-hetero) is 1. The fourth-order valence-corrected chi connectivity index (χ4v) is 2.79. The summed E-state index contributed by atoms with van der Waals surface area (Å²) in [6.45, 7) is -1.37. The summed E-state index contributed by atoms with van der Waals surface area (Å²) >= 11 is 0. The molecule has 7 nitrogen and oxygen atoms in total. The van der Waals surface area contributed by atoms with Crippen LogP contribution in [-0.2, 0) is 4.79 Å². The van der Waals surface area contributed by atoms with Crippen molar-refractivity contribution in [1.82, 2.24) is 15.0 Å². The van der Waals surface area contributed by atoms with E-state index in [1.54, 1.807) is 24.3 Å². The van der Waals surface area contributed by atoms with Gasteiger partial charge in [-0.2, -0.15) is 15.0 Å². The molecule has 0 saturated heterocycles. The van der Waals surface area contributed by atoms with Crippen LogP contribution in [0.15, 0.2) is 30.1 Å². The summed E-state index contributed by atoms with van der Waals surface area (Å²) < 4.78 is 58.3. The Bertz CT molecular complexity index is 937. The lowest BCUT2D eigenvalue weighted by molar-refractivity contribution is -0.117. The molecular formula is C19H19F4N5O2. The number of aromatic nitrogens is 3. The molecule has 0 fully saturated rings. The molecular weight excluding hydrogens is 406 g/mol. The number of nitrogens with zero attached hydrogens (tertiary/aromatic N) is 3. The first-order chi connectivity index (χ1) is 14.4. The second-order valence-corrected chi connectivity index (χ2v) is 6.47.